The van der Waals surface area contributed by atoms with E-state index in [0.717, 1.165) is 43.8 Å². The van der Waals surface area contributed by atoms with Crippen LogP contribution in [0.4, 0.5) is 0 Å². The molecule has 0 bridgehead atoms. The molecule has 0 saturated heterocycles. The molecule has 16 rings (SSSR count). The third-order valence-electron chi connectivity index (χ3n) is 16.8. The van der Waals surface area contributed by atoms with Gasteiger partial charge in [0.15, 0.2) is 7.28 Å². The first-order valence-electron chi connectivity index (χ1n) is 25.4. The number of hydrogen-bond donors (Lipinski definition) is 0. The van der Waals surface area contributed by atoms with Gasteiger partial charge in [-0.2, -0.15) is 0 Å². The van der Waals surface area contributed by atoms with E-state index in [1.807, 2.05) is 120 Å². The number of fused-ring (bicyclic) bond motifs is 10. The van der Waals surface area contributed by atoms with Crippen LogP contribution in [-0.4, -0.2) is 126 Å². The summed E-state index contributed by atoms with van der Waals surface area (Å²) in [6.45, 7) is 0. The highest BCUT2D eigenvalue weighted by atomic mass is 32.2. The molecule has 29 radical (unpaired) electrons. The molecule has 14 aromatic rings. The van der Waals surface area contributed by atoms with Gasteiger partial charge in [0.25, 0.3) is 0 Å². The first-order chi connectivity index (χ1) is 38.6. The molecular weight excluding hydrogens is 975 g/mol. The van der Waals surface area contributed by atoms with Crippen molar-refractivity contribution in [2.45, 2.75) is 9.79 Å². The van der Waals surface area contributed by atoms with E-state index >= 15 is 0 Å². The van der Waals surface area contributed by atoms with E-state index in [1.165, 1.54) is 11.8 Å². The Kier molecular flexibility index (Phi) is 10.1. The summed E-state index contributed by atoms with van der Waals surface area (Å²) in [5.41, 5.74) is 13.4. The summed E-state index contributed by atoms with van der Waals surface area (Å²) in [4.78, 5) is 1.23. The molecule has 10 aromatic carbocycles. The van der Waals surface area contributed by atoms with E-state index in [4.69, 9.17) is 119 Å². The quantitative estimate of drug-likeness (QED) is 0.196. The number of para-hydroxylation sites is 2. The van der Waals surface area contributed by atoms with Crippen LogP contribution in [-0.2, 0) is 0 Å². The molecule has 0 unspecified atom stereocenters. The van der Waals surface area contributed by atoms with Gasteiger partial charge in [-0.25, -0.2) is 0 Å². The zero-order valence-corrected chi connectivity index (χ0v) is 43.0. The van der Waals surface area contributed by atoms with Crippen LogP contribution in [0.5, 0.6) is 0 Å². The average molecular weight is 993 g/mol. The standard InChI is InChI=1S/C60H18B15N2O2S/c61-38-31(24-13-7-17-28-30(24)23-11-2-4-15-26(23)79-28)41(64)48(71)54-34(38)35-39(62)32(42(65)49(72)55(35)76(54)20-9-5-8-19(18-20)21-12-6-16-27-29(21)22-10-1-3-14-25(22)78-27)33-40(63)36-37-43(66)45(68)50(73)59-57(37)77-56(36)52(44(33)67)75-53-47(70)46(69)51(74)60(80-59)58(53)77/h1-18H. The zero-order valence-electron chi connectivity index (χ0n) is 42.2. The van der Waals surface area contributed by atoms with Crippen molar-refractivity contribution in [3.05, 3.63) is 109 Å². The van der Waals surface area contributed by atoms with Crippen molar-refractivity contribution in [1.82, 2.24) is 9.13 Å². The minimum atomic E-state index is 0.0609. The Hall–Kier alpha value is -7.28. The fourth-order valence-electron chi connectivity index (χ4n) is 13.2. The summed E-state index contributed by atoms with van der Waals surface area (Å²) in [5.74, 6) is 0. The number of nitrogens with zero attached hydrogens (tertiary/aromatic N) is 2. The molecule has 80 heavy (non-hydrogen) atoms. The number of benzene rings is 10. The Labute approximate surface area is 482 Å². The summed E-state index contributed by atoms with van der Waals surface area (Å²) in [6, 6.07) is 35.4. The van der Waals surface area contributed by atoms with Gasteiger partial charge >= 0.3 is 0 Å². The molecule has 0 amide bonds. The largest absolute Gasteiger partial charge is 0.456 e. The summed E-state index contributed by atoms with van der Waals surface area (Å²) >= 11 is 1.32. The lowest BCUT2D eigenvalue weighted by atomic mass is 9.50. The van der Waals surface area contributed by atoms with Gasteiger partial charge in [0.2, 0.25) is 0 Å². The Morgan fingerprint density at radius 2 is 0.838 bits per heavy atom. The van der Waals surface area contributed by atoms with Gasteiger partial charge in [0.1, 0.15) is 132 Å². The van der Waals surface area contributed by atoms with Crippen LogP contribution in [0.1, 0.15) is 0 Å². The van der Waals surface area contributed by atoms with Crippen molar-refractivity contribution < 1.29 is 8.83 Å². The van der Waals surface area contributed by atoms with Gasteiger partial charge in [-0.05, 0) is 69.8 Å². The van der Waals surface area contributed by atoms with Crippen LogP contribution < -0.4 is 87.4 Å². The highest BCUT2D eigenvalue weighted by Gasteiger charge is 2.37. The molecule has 0 saturated carbocycles. The van der Waals surface area contributed by atoms with E-state index in [2.05, 4.69) is 6.07 Å². The lowest BCUT2D eigenvalue weighted by molar-refractivity contribution is 0.668. The minimum Gasteiger partial charge on any atom is -0.456 e. The predicted molar refractivity (Wildman–Crippen MR) is 351 cm³/mol. The van der Waals surface area contributed by atoms with Crippen LogP contribution >= 0.6 is 11.8 Å². The van der Waals surface area contributed by atoms with Crippen molar-refractivity contribution in [3.63, 3.8) is 0 Å². The molecule has 6 heterocycles. The van der Waals surface area contributed by atoms with Crippen molar-refractivity contribution >= 4 is 304 Å². The van der Waals surface area contributed by atoms with E-state index in [9.17, 15) is 0 Å². The number of furan rings is 2. The van der Waals surface area contributed by atoms with E-state index < -0.39 is 0 Å². The monoisotopic (exact) mass is 995 g/mol. The normalized spacial score (nSPS) is 12.8. The van der Waals surface area contributed by atoms with Crippen LogP contribution in [0, 0.1) is 0 Å². The first kappa shape index (κ1) is 48.6. The lowest BCUT2D eigenvalue weighted by Gasteiger charge is -2.34. The lowest BCUT2D eigenvalue weighted by Crippen LogP contribution is -2.58. The van der Waals surface area contributed by atoms with Gasteiger partial charge in [-0.3, -0.25) is 0 Å². The summed E-state index contributed by atoms with van der Waals surface area (Å²) in [7, 11) is 103. The average Bonchev–Trinajstić information content (AvgIpc) is 4.41. The Bertz CT molecular complexity index is 5330. The van der Waals surface area contributed by atoms with E-state index in [1.54, 1.807) is 0 Å². The number of rotatable bonds is 4. The maximum atomic E-state index is 7.80. The second-order valence-electron chi connectivity index (χ2n) is 20.7. The van der Waals surface area contributed by atoms with E-state index in [-0.39, 0.29) is 87.6 Å². The Morgan fingerprint density at radius 3 is 1.49 bits per heavy atom. The molecule has 0 N–H and O–H groups in total. The zero-order chi connectivity index (χ0) is 55.0. The molecule has 0 spiro atoms. The van der Waals surface area contributed by atoms with Gasteiger partial charge in [0, 0.05) is 75.1 Å². The van der Waals surface area contributed by atoms with Gasteiger partial charge < -0.3 is 18.0 Å². The second-order valence-corrected chi connectivity index (χ2v) is 21.7. The highest BCUT2D eigenvalue weighted by Crippen LogP contribution is 2.45. The highest BCUT2D eigenvalue weighted by molar-refractivity contribution is 8.00. The summed E-state index contributed by atoms with van der Waals surface area (Å²) in [5, 5.41) is 5.44. The predicted octanol–water partition coefficient (Wildman–Crippen LogP) is -1.77. The van der Waals surface area contributed by atoms with Crippen molar-refractivity contribution in [3.8, 4) is 44.8 Å². The SMILES string of the molecule is [B]c1c([B])c2c3c(c1[B])Sc1c([B])c([B])c([B])c4c5c([B])c(-c6c([B])c([B])c7c(c6[B])c6c([B])c(-c8cccc9oc%10ccccc%10c89)c([B])c([B])c6n7-c6cccc(-c7cccc8oc9ccccc9c78)c6)c([B])c(c5n-3c14)[B]2. The molecule has 2 aliphatic heterocycles. The molecule has 4 aromatic heterocycles. The summed E-state index contributed by atoms with van der Waals surface area (Å²) < 4.78 is 16.6. The van der Waals surface area contributed by atoms with Crippen molar-refractivity contribution in [1.29, 1.82) is 0 Å². The van der Waals surface area contributed by atoms with E-state index in [0.29, 0.717) is 98.0 Å². The molecule has 0 fully saturated rings. The van der Waals surface area contributed by atoms with Crippen molar-refractivity contribution in [2.75, 3.05) is 0 Å². The fraction of sp³-hybridized carbons (Fsp3) is 0. The second kappa shape index (κ2) is 16.7. The minimum absolute atomic E-state index is 0.0609. The van der Waals surface area contributed by atoms with Gasteiger partial charge in [0.05, 0.1) is 11.2 Å². The molecule has 0 atom stereocenters. The molecule has 2 aliphatic rings. The fourth-order valence-corrected chi connectivity index (χ4v) is 14.4. The Balaban J connectivity index is 1.05. The van der Waals surface area contributed by atoms with Gasteiger partial charge in [-0.15, -0.1) is 16.4 Å². The topological polar surface area (TPSA) is 36.1 Å². The van der Waals surface area contributed by atoms with Crippen molar-refractivity contribution in [2.24, 2.45) is 0 Å². The molecule has 0 aliphatic carbocycles. The molecule has 20 heteroatoms. The van der Waals surface area contributed by atoms with Crippen LogP contribution in [0.25, 0.3) is 132 Å². The van der Waals surface area contributed by atoms with Crippen LogP contribution in [0.2, 0.25) is 0 Å². The molecule has 331 valence electrons. The maximum absolute atomic E-state index is 7.80. The van der Waals surface area contributed by atoms with Crippen LogP contribution in [0.3, 0.4) is 0 Å². The summed E-state index contributed by atoms with van der Waals surface area (Å²) in [6.07, 6.45) is 0. The first-order valence-corrected chi connectivity index (χ1v) is 26.2. The number of aromatic nitrogens is 2. The number of hydrogen-bond acceptors (Lipinski definition) is 3. The maximum Gasteiger partial charge on any atom is 0.195 e. The van der Waals surface area contributed by atoms with Crippen LogP contribution in [0.15, 0.2) is 128 Å². The Morgan fingerprint density at radius 1 is 0.338 bits per heavy atom. The molecular formula is C60H18B15N2O2S. The third kappa shape index (κ3) is 5.93. The van der Waals surface area contributed by atoms with Gasteiger partial charge in [-0.1, -0.05) is 156 Å². The molecule has 4 nitrogen and oxygen atoms in total. The third-order valence-corrected chi connectivity index (χ3v) is 18.0. The smallest absolute Gasteiger partial charge is 0.195 e.